The molecule has 1 aromatic carbocycles. The van der Waals surface area contributed by atoms with Gasteiger partial charge < -0.3 is 64.1 Å². The van der Waals surface area contributed by atoms with Crippen LogP contribution in [-0.2, 0) is 58.7 Å². The van der Waals surface area contributed by atoms with Crippen LogP contribution in [0.3, 0.4) is 0 Å². The fraction of sp³-hybridized carbons (Fsp3) is 0.776. The first-order valence-corrected chi connectivity index (χ1v) is 32.7. The fourth-order valence-electron chi connectivity index (χ4n) is 12.5. The third-order valence-corrected chi connectivity index (χ3v) is 19.4. The van der Waals surface area contributed by atoms with E-state index in [1.165, 1.54) is 18.9 Å². The Morgan fingerprint density at radius 1 is 0.944 bits per heavy atom. The molecule has 4 heterocycles. The Hall–Kier alpha value is -4.62. The van der Waals surface area contributed by atoms with Crippen LogP contribution in [0.1, 0.15) is 192 Å². The van der Waals surface area contributed by atoms with Crippen molar-refractivity contribution in [2.24, 2.45) is 29.1 Å². The number of rotatable bonds is 34. The van der Waals surface area contributed by atoms with Crippen molar-refractivity contribution in [3.05, 3.63) is 54.1 Å². The van der Waals surface area contributed by atoms with Crippen LogP contribution in [0.25, 0.3) is 11.1 Å². The minimum absolute atomic E-state index is 0.00828. The predicted octanol–water partition coefficient (Wildman–Crippen LogP) is 9.76. The molecule has 0 radical (unpaired) electrons. The number of ketones is 1. The summed E-state index contributed by atoms with van der Waals surface area (Å²) >= 11 is 0. The number of nitrogen functional groups attached to an aromatic ring is 1. The molecule has 2 saturated heterocycles. The molecule has 3 aliphatic rings. The number of aromatic nitrogens is 5. The summed E-state index contributed by atoms with van der Waals surface area (Å²) in [6.45, 7) is 30.0. The lowest BCUT2D eigenvalue weighted by Crippen LogP contribution is -2.58. The van der Waals surface area contributed by atoms with Crippen LogP contribution in [0, 0.1) is 29.1 Å². The van der Waals surface area contributed by atoms with E-state index < -0.39 is 115 Å². The van der Waals surface area contributed by atoms with Gasteiger partial charge in [0.15, 0.2) is 12.6 Å². The summed E-state index contributed by atoms with van der Waals surface area (Å²) < 4.78 is 68.2. The lowest BCUT2D eigenvalue weighted by molar-refractivity contribution is -0.305. The van der Waals surface area contributed by atoms with Gasteiger partial charge in [-0.2, -0.15) is 0 Å². The van der Waals surface area contributed by atoms with Crippen LogP contribution < -0.4 is 11.1 Å². The van der Waals surface area contributed by atoms with Gasteiger partial charge in [0.25, 0.3) is 0 Å². The number of aliphatic hydroxyl groups is 2. The zero-order chi connectivity index (χ0) is 66.3. The van der Waals surface area contributed by atoms with E-state index in [1.54, 1.807) is 60.1 Å². The largest absolute Gasteiger partial charge is 0.458 e. The standard InChI is InChI=1S/C65H105FN8O13.C2H6/c1-18-52(63(12,13)87-60(79)55(40(8)37(4)5)70-47-25-26-47)85-59(78)41(9)51(84-54-32-64(14,81-17)58(77)43(11)83-54)30-53(65(19-2,20-3)31-38(6)42(10)75)86-61-56(76)49(29-39(7)82-61)73(15)28-27-48-36-74(72-71-48)50(33-66)57(80-16)45-23-21-44(22-24-45)46-34-68-62(67)69-35-46;1-2/h21-24,34-41,43,47,49-58,61,70,76-77H,18-20,25-33H2,1-17H3,(H2,67,68,69);1-2H3/t38-,39?,40?,41?,43?,49+,50-,51+,52-,53-,54+,55?,56-,57?,58+,61?,64-;/m1./s1. The quantitative estimate of drug-likeness (QED) is 0.0405. The molecule has 89 heavy (non-hydrogen) atoms. The highest BCUT2D eigenvalue weighted by molar-refractivity contribution is 5.78. The van der Waals surface area contributed by atoms with Crippen LogP contribution in [-0.4, -0.2) is 177 Å². The molecule has 504 valence electrons. The number of methoxy groups -OCH3 is 2. The average Bonchev–Trinajstić information content (AvgIpc) is 1.51. The molecule has 0 amide bonds. The summed E-state index contributed by atoms with van der Waals surface area (Å²) in [4.78, 5) is 52.5. The van der Waals surface area contributed by atoms with Gasteiger partial charge >= 0.3 is 11.9 Å². The third kappa shape index (κ3) is 19.5. The monoisotopic (exact) mass is 1250 g/mol. The Kier molecular flexibility index (Phi) is 28.5. The van der Waals surface area contributed by atoms with Crippen LogP contribution in [0.4, 0.5) is 10.3 Å². The van der Waals surface area contributed by atoms with Crippen molar-refractivity contribution in [1.29, 1.82) is 0 Å². The van der Waals surface area contributed by atoms with Crippen molar-refractivity contribution in [3.63, 3.8) is 0 Å². The summed E-state index contributed by atoms with van der Waals surface area (Å²) in [5.74, 6) is -1.99. The van der Waals surface area contributed by atoms with E-state index in [4.69, 9.17) is 43.6 Å². The third-order valence-electron chi connectivity index (χ3n) is 19.4. The predicted molar refractivity (Wildman–Crippen MR) is 339 cm³/mol. The number of hydrogen-bond donors (Lipinski definition) is 4. The molecule has 0 bridgehead atoms. The molecule has 1 aliphatic carbocycles. The molecular weight excluding hydrogens is 1140 g/mol. The van der Waals surface area contributed by atoms with E-state index in [-0.39, 0.29) is 54.5 Å². The molecule has 3 aromatic rings. The van der Waals surface area contributed by atoms with Crippen molar-refractivity contribution in [3.8, 4) is 11.1 Å². The number of ether oxygens (including phenoxy) is 8. The molecule has 2 aliphatic heterocycles. The van der Waals surface area contributed by atoms with Crippen LogP contribution >= 0.6 is 0 Å². The van der Waals surface area contributed by atoms with E-state index in [2.05, 4.69) is 53.3 Å². The second kappa shape index (κ2) is 33.8. The lowest BCUT2D eigenvalue weighted by Gasteiger charge is -2.48. The van der Waals surface area contributed by atoms with Gasteiger partial charge in [-0.05, 0) is 129 Å². The number of Topliss-reactive ketones (excluding diaryl/α,β-unsaturated/α-hetero) is 1. The van der Waals surface area contributed by atoms with Gasteiger partial charge in [0.1, 0.15) is 54.6 Å². The Bertz CT molecular complexity index is 2630. The molecule has 3 fully saturated rings. The van der Waals surface area contributed by atoms with Gasteiger partial charge in [-0.15, -0.1) is 5.10 Å². The zero-order valence-corrected chi connectivity index (χ0v) is 56.9. The fourth-order valence-corrected chi connectivity index (χ4v) is 12.5. The second-order valence-corrected chi connectivity index (χ2v) is 26.3. The number of anilines is 1. The Balaban J connectivity index is 0.00000713. The van der Waals surface area contributed by atoms with Crippen molar-refractivity contribution in [1.82, 2.24) is 35.2 Å². The Labute approximate surface area is 530 Å². The SMILES string of the molecule is CC.CC[C@@H](OC(=O)C(C)[C@H](C[C@@H](OC1OC(C)C[C@H](N(C)CCc2cn([C@H](CF)C(OC)c3ccc(-c4cnc(N)nc4)cc3)nn2)[C@H]1O)C(CC)(CC)C[C@@H](C)C(C)=O)O[C@H]1C[C@@](C)(OC)[C@@H](O)C(C)O1)C(C)(C)OC(=O)C(NC1CC1)C(C)C(C)C. The summed E-state index contributed by atoms with van der Waals surface area (Å²) in [5, 5.41) is 36.1. The zero-order valence-electron chi connectivity index (χ0n) is 56.9. The topological polar surface area (TPSA) is 263 Å². The van der Waals surface area contributed by atoms with Crippen LogP contribution in [0.2, 0.25) is 0 Å². The molecule has 2 aromatic heterocycles. The first-order chi connectivity index (χ1) is 42.1. The van der Waals surface area contributed by atoms with Gasteiger partial charge in [-0.1, -0.05) is 91.8 Å². The van der Waals surface area contributed by atoms with Gasteiger partial charge in [0.05, 0.1) is 41.6 Å². The maximum absolute atomic E-state index is 15.0. The number of nitrogens with zero attached hydrogens (tertiary/aromatic N) is 6. The molecule has 21 nitrogen and oxygen atoms in total. The molecule has 0 spiro atoms. The second-order valence-electron chi connectivity index (χ2n) is 26.3. The van der Waals surface area contributed by atoms with Crippen LogP contribution in [0.5, 0.6) is 0 Å². The van der Waals surface area contributed by atoms with Crippen molar-refractivity contribution in [2.45, 2.75) is 272 Å². The molecule has 6 rings (SSSR count). The number of nitrogens with two attached hydrogens (primary N) is 1. The van der Waals surface area contributed by atoms with E-state index in [1.807, 2.05) is 77.8 Å². The number of aliphatic hydroxyl groups excluding tert-OH is 2. The maximum atomic E-state index is 15.0. The first-order valence-electron chi connectivity index (χ1n) is 32.7. The summed E-state index contributed by atoms with van der Waals surface area (Å²) in [7, 11) is 4.97. The molecule has 7 unspecified atom stereocenters. The first kappa shape index (κ1) is 75.1. The number of hydrogen-bond acceptors (Lipinski definition) is 20. The highest BCUT2D eigenvalue weighted by Crippen LogP contribution is 2.45. The summed E-state index contributed by atoms with van der Waals surface area (Å²) in [5.41, 5.74) is 5.67. The van der Waals surface area contributed by atoms with Gasteiger partial charge in [0.2, 0.25) is 5.95 Å². The summed E-state index contributed by atoms with van der Waals surface area (Å²) in [6.07, 6.45) is 1.21. The number of esters is 2. The van der Waals surface area contributed by atoms with E-state index in [9.17, 15) is 24.6 Å². The van der Waals surface area contributed by atoms with Crippen LogP contribution in [0.15, 0.2) is 42.9 Å². The van der Waals surface area contributed by atoms with E-state index in [0.717, 1.165) is 29.5 Å². The smallest absolute Gasteiger partial charge is 0.324 e. The van der Waals surface area contributed by atoms with Crippen molar-refractivity contribution < 1.29 is 66.9 Å². The number of carbonyl (C=O) groups is 3. The molecule has 22 heteroatoms. The molecule has 17 atom stereocenters. The molecule has 1 saturated carbocycles. The highest BCUT2D eigenvalue weighted by atomic mass is 19.1. The maximum Gasteiger partial charge on any atom is 0.324 e. The molecular formula is C67H111FN8O13. The lowest BCUT2D eigenvalue weighted by atomic mass is 9.68. The minimum Gasteiger partial charge on any atom is -0.458 e. The Morgan fingerprint density at radius 2 is 1.58 bits per heavy atom. The van der Waals surface area contributed by atoms with E-state index >= 15 is 4.39 Å². The Morgan fingerprint density at radius 3 is 2.13 bits per heavy atom. The number of carbonyl (C=O) groups excluding carboxylic acids is 3. The normalized spacial score (nSPS) is 25.6. The minimum atomic E-state index is -1.23. The van der Waals surface area contributed by atoms with Crippen molar-refractivity contribution >= 4 is 23.7 Å². The number of likely N-dealkylation sites (N-methyl/N-ethyl adjacent to an activating group) is 1. The van der Waals surface area contributed by atoms with Gasteiger partial charge in [-0.3, -0.25) is 14.4 Å². The van der Waals surface area contributed by atoms with Crippen molar-refractivity contribution in [2.75, 3.05) is 40.2 Å². The van der Waals surface area contributed by atoms with Gasteiger partial charge in [0, 0.05) is 82.2 Å². The number of halogens is 1. The van der Waals surface area contributed by atoms with Gasteiger partial charge in [-0.25, -0.2) is 19.0 Å². The highest BCUT2D eigenvalue weighted by Gasteiger charge is 2.51. The number of nitrogens with one attached hydrogen (secondary N) is 1. The summed E-state index contributed by atoms with van der Waals surface area (Å²) in [6, 6.07) is 5.96. The number of benzene rings is 1. The number of alkyl halides is 1. The molecule has 5 N–H and O–H groups in total. The van der Waals surface area contributed by atoms with E-state index in [0.29, 0.717) is 50.8 Å². The average molecular weight is 1260 g/mol.